The van der Waals surface area contributed by atoms with Crippen LogP contribution in [0, 0.1) is 0 Å². The number of carbonyl (C=O) groups excluding carboxylic acids is 1. The summed E-state index contributed by atoms with van der Waals surface area (Å²) in [6.07, 6.45) is 5.86. The lowest BCUT2D eigenvalue weighted by atomic mass is 9.91. The van der Waals surface area contributed by atoms with Crippen LogP contribution in [0.5, 0.6) is 5.75 Å². The van der Waals surface area contributed by atoms with Gasteiger partial charge in [-0.2, -0.15) is 0 Å². The monoisotopic (exact) mass is 307 g/mol. The summed E-state index contributed by atoms with van der Waals surface area (Å²) in [5.74, 6) is 0.418. The minimum absolute atomic E-state index is 0.0256. The molecule has 1 saturated carbocycles. The first kappa shape index (κ1) is 14.3. The van der Waals surface area contributed by atoms with E-state index in [1.807, 2.05) is 30.3 Å². The van der Waals surface area contributed by atoms with Crippen LogP contribution >= 0.6 is 0 Å². The molecular formula is C20H21NO2. The molecule has 1 fully saturated rings. The Labute approximate surface area is 136 Å². The second-order valence-corrected chi connectivity index (χ2v) is 6.59. The third-order valence-electron chi connectivity index (χ3n) is 5.18. The fraction of sp³-hybridized carbons (Fsp3) is 0.350. The van der Waals surface area contributed by atoms with Gasteiger partial charge in [0.1, 0.15) is 5.75 Å². The fourth-order valence-corrected chi connectivity index (χ4v) is 4.07. The summed E-state index contributed by atoms with van der Waals surface area (Å²) in [5.41, 5.74) is 3.00. The highest BCUT2D eigenvalue weighted by Gasteiger charge is 2.41. The van der Waals surface area contributed by atoms with Crippen molar-refractivity contribution in [3.05, 3.63) is 65.2 Å². The molecule has 3 heteroatoms. The van der Waals surface area contributed by atoms with Gasteiger partial charge in [-0.15, -0.1) is 0 Å². The maximum Gasteiger partial charge on any atom is 0.255 e. The third-order valence-corrected chi connectivity index (χ3v) is 5.18. The number of hydrogen-bond acceptors (Lipinski definition) is 2. The highest BCUT2D eigenvalue weighted by molar-refractivity contribution is 6.00. The van der Waals surface area contributed by atoms with Crippen molar-refractivity contribution in [2.24, 2.45) is 0 Å². The van der Waals surface area contributed by atoms with Crippen LogP contribution in [0.15, 0.2) is 48.5 Å². The third kappa shape index (κ3) is 2.40. The van der Waals surface area contributed by atoms with E-state index in [-0.39, 0.29) is 17.7 Å². The molecule has 23 heavy (non-hydrogen) atoms. The Morgan fingerprint density at radius 3 is 2.35 bits per heavy atom. The van der Waals surface area contributed by atoms with Crippen LogP contribution in [-0.2, 0) is 0 Å². The minimum atomic E-state index is -0.0256. The van der Waals surface area contributed by atoms with Gasteiger partial charge in [-0.05, 0) is 42.2 Å². The van der Waals surface area contributed by atoms with Crippen molar-refractivity contribution in [3.63, 3.8) is 0 Å². The van der Waals surface area contributed by atoms with Crippen molar-refractivity contribution in [1.29, 1.82) is 0 Å². The van der Waals surface area contributed by atoms with Crippen LogP contribution in [0.2, 0.25) is 0 Å². The van der Waals surface area contributed by atoms with E-state index in [4.69, 9.17) is 0 Å². The first-order valence-corrected chi connectivity index (χ1v) is 8.46. The van der Waals surface area contributed by atoms with Crippen molar-refractivity contribution < 1.29 is 9.90 Å². The Morgan fingerprint density at radius 2 is 1.61 bits per heavy atom. The number of amides is 1. The molecule has 1 aliphatic carbocycles. The van der Waals surface area contributed by atoms with Crippen LogP contribution in [0.25, 0.3) is 0 Å². The average molecular weight is 307 g/mol. The SMILES string of the molecule is O=C1c2ccccc2[C@H](c2ccc(O)cc2)N1C1CCCCC1. The molecule has 0 unspecified atom stereocenters. The normalized spacial score (nSPS) is 21.5. The molecule has 2 aliphatic rings. The molecule has 0 aromatic heterocycles. The van der Waals surface area contributed by atoms with Crippen molar-refractivity contribution in [1.82, 2.24) is 4.90 Å². The smallest absolute Gasteiger partial charge is 0.255 e. The molecule has 2 aromatic rings. The molecule has 0 saturated heterocycles. The fourth-order valence-electron chi connectivity index (χ4n) is 4.07. The number of aromatic hydroxyl groups is 1. The molecule has 2 aromatic carbocycles. The van der Waals surface area contributed by atoms with E-state index in [0.717, 1.165) is 29.5 Å². The van der Waals surface area contributed by atoms with Crippen LogP contribution in [-0.4, -0.2) is 22.0 Å². The topological polar surface area (TPSA) is 40.5 Å². The van der Waals surface area contributed by atoms with Gasteiger partial charge in [-0.1, -0.05) is 49.6 Å². The largest absolute Gasteiger partial charge is 0.508 e. The maximum absolute atomic E-state index is 13.0. The molecule has 1 amide bonds. The Balaban J connectivity index is 1.80. The molecule has 118 valence electrons. The summed E-state index contributed by atoms with van der Waals surface area (Å²) in [4.78, 5) is 15.1. The van der Waals surface area contributed by atoms with Crippen LogP contribution in [0.1, 0.15) is 59.6 Å². The Bertz CT molecular complexity index is 717. The standard InChI is InChI=1S/C20H21NO2/c22-16-12-10-14(11-13-16)19-17-8-4-5-9-18(17)20(23)21(19)15-6-2-1-3-7-15/h4-5,8-13,15,19,22H,1-3,6-7H2/t19-/m0/s1. The predicted octanol–water partition coefficient (Wildman–Crippen LogP) is 4.27. The van der Waals surface area contributed by atoms with Crippen molar-refractivity contribution in [2.75, 3.05) is 0 Å². The summed E-state index contributed by atoms with van der Waals surface area (Å²) in [6, 6.07) is 15.5. The first-order chi connectivity index (χ1) is 11.3. The van der Waals surface area contributed by atoms with Gasteiger partial charge < -0.3 is 10.0 Å². The molecular weight excluding hydrogens is 286 g/mol. The average Bonchev–Trinajstić information content (AvgIpc) is 2.90. The summed E-state index contributed by atoms with van der Waals surface area (Å²) in [5, 5.41) is 9.58. The van der Waals surface area contributed by atoms with Gasteiger partial charge in [-0.25, -0.2) is 0 Å². The van der Waals surface area contributed by atoms with Gasteiger partial charge in [0.15, 0.2) is 0 Å². The quantitative estimate of drug-likeness (QED) is 0.900. The Hall–Kier alpha value is -2.29. The number of hydrogen-bond donors (Lipinski definition) is 1. The molecule has 3 nitrogen and oxygen atoms in total. The number of phenols is 1. The van der Waals surface area contributed by atoms with Crippen LogP contribution in [0.3, 0.4) is 0 Å². The number of fused-ring (bicyclic) bond motifs is 1. The molecule has 0 radical (unpaired) electrons. The van der Waals surface area contributed by atoms with E-state index in [2.05, 4.69) is 11.0 Å². The van der Waals surface area contributed by atoms with E-state index in [1.165, 1.54) is 19.3 Å². The molecule has 4 rings (SSSR count). The summed E-state index contributed by atoms with van der Waals surface area (Å²) in [7, 11) is 0. The second kappa shape index (κ2) is 5.73. The number of benzene rings is 2. The molecule has 1 heterocycles. The van der Waals surface area contributed by atoms with E-state index >= 15 is 0 Å². The zero-order valence-corrected chi connectivity index (χ0v) is 13.1. The van der Waals surface area contributed by atoms with Gasteiger partial charge in [0.25, 0.3) is 5.91 Å². The Kier molecular flexibility index (Phi) is 3.56. The van der Waals surface area contributed by atoms with Crippen molar-refractivity contribution in [2.45, 2.75) is 44.2 Å². The lowest BCUT2D eigenvalue weighted by molar-refractivity contribution is 0.0612. The molecule has 1 atom stereocenters. The van der Waals surface area contributed by atoms with Crippen LogP contribution in [0.4, 0.5) is 0 Å². The van der Waals surface area contributed by atoms with Gasteiger partial charge in [0.2, 0.25) is 0 Å². The summed E-state index contributed by atoms with van der Waals surface area (Å²) >= 11 is 0. The van der Waals surface area contributed by atoms with Gasteiger partial charge in [0, 0.05) is 11.6 Å². The second-order valence-electron chi connectivity index (χ2n) is 6.59. The first-order valence-electron chi connectivity index (χ1n) is 8.46. The predicted molar refractivity (Wildman–Crippen MR) is 89.4 cm³/mol. The number of rotatable bonds is 2. The zero-order chi connectivity index (χ0) is 15.8. The van der Waals surface area contributed by atoms with E-state index < -0.39 is 0 Å². The lowest BCUT2D eigenvalue weighted by Crippen LogP contribution is -2.39. The van der Waals surface area contributed by atoms with E-state index in [0.29, 0.717) is 6.04 Å². The van der Waals surface area contributed by atoms with Gasteiger partial charge >= 0.3 is 0 Å². The lowest BCUT2D eigenvalue weighted by Gasteiger charge is -2.36. The number of nitrogens with zero attached hydrogens (tertiary/aromatic N) is 1. The van der Waals surface area contributed by atoms with Crippen molar-refractivity contribution in [3.8, 4) is 5.75 Å². The number of carbonyl (C=O) groups is 1. The zero-order valence-electron chi connectivity index (χ0n) is 13.1. The van der Waals surface area contributed by atoms with E-state index in [1.54, 1.807) is 12.1 Å². The molecule has 1 N–H and O–H groups in total. The molecule has 1 aliphatic heterocycles. The highest BCUT2D eigenvalue weighted by atomic mass is 16.3. The van der Waals surface area contributed by atoms with E-state index in [9.17, 15) is 9.90 Å². The van der Waals surface area contributed by atoms with Crippen LogP contribution < -0.4 is 0 Å². The molecule has 0 spiro atoms. The summed E-state index contributed by atoms with van der Waals surface area (Å²) < 4.78 is 0. The minimum Gasteiger partial charge on any atom is -0.508 e. The molecule has 0 bridgehead atoms. The van der Waals surface area contributed by atoms with Gasteiger partial charge in [0.05, 0.1) is 6.04 Å². The highest BCUT2D eigenvalue weighted by Crippen LogP contribution is 2.42. The van der Waals surface area contributed by atoms with Crippen molar-refractivity contribution >= 4 is 5.91 Å². The summed E-state index contributed by atoms with van der Waals surface area (Å²) in [6.45, 7) is 0. The number of phenolic OH excluding ortho intramolecular Hbond substituents is 1. The van der Waals surface area contributed by atoms with Gasteiger partial charge in [-0.3, -0.25) is 4.79 Å². The maximum atomic E-state index is 13.0. The Morgan fingerprint density at radius 1 is 0.913 bits per heavy atom.